The summed E-state index contributed by atoms with van der Waals surface area (Å²) in [5.74, 6) is 0.814. The van der Waals surface area contributed by atoms with Crippen molar-refractivity contribution in [2.45, 2.75) is 19.0 Å². The minimum Gasteiger partial charge on any atom is -0.490 e. The van der Waals surface area contributed by atoms with Crippen LogP contribution in [0, 0.1) is 19.7 Å². The first-order chi connectivity index (χ1) is 16.0. The van der Waals surface area contributed by atoms with E-state index >= 15 is 0 Å². The van der Waals surface area contributed by atoms with Crippen molar-refractivity contribution in [3.8, 4) is 11.4 Å². The maximum absolute atomic E-state index is 13.8. The van der Waals surface area contributed by atoms with Crippen molar-refractivity contribution >= 4 is 28.4 Å². The number of ether oxygens (including phenoxy) is 1. The van der Waals surface area contributed by atoms with Gasteiger partial charge >= 0.3 is 0 Å². The maximum atomic E-state index is 13.8. The molecule has 0 aliphatic carbocycles. The maximum Gasteiger partial charge on any atom is 0.267 e. The molecule has 6 nitrogen and oxygen atoms in total. The second kappa shape index (κ2) is 8.71. The minimum absolute atomic E-state index is 0.140. The van der Waals surface area contributed by atoms with E-state index in [0.29, 0.717) is 28.7 Å². The van der Waals surface area contributed by atoms with Crippen LogP contribution in [0.15, 0.2) is 76.7 Å². The summed E-state index contributed by atoms with van der Waals surface area (Å²) in [5, 5.41) is 9.97. The minimum atomic E-state index is -0.390. The van der Waals surface area contributed by atoms with Crippen molar-refractivity contribution in [1.29, 1.82) is 0 Å². The van der Waals surface area contributed by atoms with Gasteiger partial charge in [0.1, 0.15) is 0 Å². The van der Waals surface area contributed by atoms with Crippen LogP contribution in [0.25, 0.3) is 22.4 Å². The number of rotatable bonds is 6. The zero-order chi connectivity index (χ0) is 22.9. The second-order valence-corrected chi connectivity index (χ2v) is 8.76. The highest BCUT2D eigenvalue weighted by atomic mass is 32.2. The van der Waals surface area contributed by atoms with Crippen LogP contribution >= 0.6 is 11.8 Å². The van der Waals surface area contributed by atoms with Crippen LogP contribution in [0.4, 0.5) is 4.39 Å². The molecule has 2 heterocycles. The Bertz CT molecular complexity index is 1540. The lowest BCUT2D eigenvalue weighted by Gasteiger charge is -2.14. The number of benzene rings is 3. The van der Waals surface area contributed by atoms with Crippen LogP contribution in [0.3, 0.4) is 0 Å². The van der Waals surface area contributed by atoms with Gasteiger partial charge in [-0.15, -0.1) is 10.2 Å². The van der Waals surface area contributed by atoms with Crippen molar-refractivity contribution in [2.75, 3.05) is 12.4 Å². The molecule has 0 saturated heterocycles. The van der Waals surface area contributed by atoms with Gasteiger partial charge in [-0.3, -0.25) is 9.20 Å². The normalized spacial score (nSPS) is 11.4. The van der Waals surface area contributed by atoms with Crippen LogP contribution < -0.4 is 10.3 Å². The quantitative estimate of drug-likeness (QED) is 0.265. The Morgan fingerprint density at radius 2 is 1.79 bits per heavy atom. The smallest absolute Gasteiger partial charge is 0.267 e. The molecule has 5 rings (SSSR count). The van der Waals surface area contributed by atoms with E-state index in [1.807, 2.05) is 60.7 Å². The Morgan fingerprint density at radius 1 is 1.00 bits per heavy atom. The van der Waals surface area contributed by atoms with Crippen LogP contribution in [0.5, 0.6) is 5.75 Å². The highest BCUT2D eigenvalue weighted by molar-refractivity contribution is 7.99. The number of para-hydroxylation sites is 2. The van der Waals surface area contributed by atoms with Gasteiger partial charge in [0, 0.05) is 5.75 Å². The molecular weight excluding hydrogens is 439 g/mol. The molecule has 0 aliphatic rings. The lowest BCUT2D eigenvalue weighted by atomic mass is 10.1. The molecule has 166 valence electrons. The van der Waals surface area contributed by atoms with Gasteiger partial charge in [-0.05, 0) is 55.3 Å². The van der Waals surface area contributed by atoms with Gasteiger partial charge in [-0.2, -0.15) is 0 Å². The largest absolute Gasteiger partial charge is 0.490 e. The summed E-state index contributed by atoms with van der Waals surface area (Å²) in [7, 11) is 0. The summed E-state index contributed by atoms with van der Waals surface area (Å²) in [5.41, 5.74) is 3.39. The van der Waals surface area contributed by atoms with E-state index in [9.17, 15) is 9.18 Å². The molecule has 0 radical (unpaired) electrons. The number of nitrogens with zero attached hydrogens (tertiary/aromatic N) is 4. The highest BCUT2D eigenvalue weighted by Gasteiger charge is 2.19. The molecule has 0 unspecified atom stereocenters. The predicted octanol–water partition coefficient (Wildman–Crippen LogP) is 4.96. The lowest BCUT2D eigenvalue weighted by molar-refractivity contribution is 0.325. The second-order valence-electron chi connectivity index (χ2n) is 7.69. The number of hydrogen-bond acceptors (Lipinski definition) is 5. The Labute approximate surface area is 193 Å². The van der Waals surface area contributed by atoms with Crippen molar-refractivity contribution < 1.29 is 9.13 Å². The highest BCUT2D eigenvalue weighted by Crippen LogP contribution is 2.25. The molecule has 8 heteroatoms. The average molecular weight is 461 g/mol. The van der Waals surface area contributed by atoms with E-state index in [1.54, 1.807) is 22.8 Å². The molecule has 0 aliphatic heterocycles. The number of halogens is 1. The zero-order valence-electron chi connectivity index (χ0n) is 18.2. The van der Waals surface area contributed by atoms with Gasteiger partial charge in [0.2, 0.25) is 5.78 Å². The van der Waals surface area contributed by atoms with Gasteiger partial charge in [-0.25, -0.2) is 8.96 Å². The Kier molecular flexibility index (Phi) is 5.60. The number of aromatic nitrogens is 4. The van der Waals surface area contributed by atoms with E-state index in [0.717, 1.165) is 22.3 Å². The third-order valence-electron chi connectivity index (χ3n) is 5.41. The van der Waals surface area contributed by atoms with E-state index < -0.39 is 0 Å². The fraction of sp³-hybridized carbons (Fsp3) is 0.160. The van der Waals surface area contributed by atoms with Gasteiger partial charge in [-0.1, -0.05) is 48.2 Å². The fourth-order valence-electron chi connectivity index (χ4n) is 3.80. The van der Waals surface area contributed by atoms with E-state index in [2.05, 4.69) is 10.2 Å². The Morgan fingerprint density at radius 3 is 2.64 bits per heavy atom. The molecule has 0 atom stereocenters. The van der Waals surface area contributed by atoms with Crippen LogP contribution in [-0.4, -0.2) is 31.5 Å². The summed E-state index contributed by atoms with van der Waals surface area (Å²) in [6, 6.07) is 19.8. The standard InChI is InChI=1S/C25H21FN4O2S/c1-16-11-12-17(2)21(15-16)29-23(31)18-7-3-5-9-20(18)30-24(29)27-28-25(30)33-14-13-32-22-10-6-4-8-19(22)26/h3-12,15H,13-14H2,1-2H3. The van der Waals surface area contributed by atoms with Gasteiger partial charge in [0.05, 0.1) is 23.2 Å². The zero-order valence-corrected chi connectivity index (χ0v) is 19.0. The summed E-state index contributed by atoms with van der Waals surface area (Å²) in [4.78, 5) is 13.5. The molecular formula is C25H21FN4O2S. The van der Waals surface area contributed by atoms with Crippen molar-refractivity contribution in [3.05, 3.63) is 94.0 Å². The van der Waals surface area contributed by atoms with Crippen LogP contribution in [0.1, 0.15) is 11.1 Å². The monoisotopic (exact) mass is 460 g/mol. The SMILES string of the molecule is Cc1ccc(C)c(-n2c(=O)c3ccccc3n3c(SCCOc4ccccc4F)nnc23)c1. The van der Waals surface area contributed by atoms with Crippen molar-refractivity contribution in [2.24, 2.45) is 0 Å². The summed E-state index contributed by atoms with van der Waals surface area (Å²) >= 11 is 1.44. The number of thioether (sulfide) groups is 1. The molecule has 0 fully saturated rings. The number of aryl methyl sites for hydroxylation is 2. The van der Waals surface area contributed by atoms with Gasteiger partial charge in [0.25, 0.3) is 5.56 Å². The first-order valence-corrected chi connectivity index (χ1v) is 11.5. The summed E-state index contributed by atoms with van der Waals surface area (Å²) < 4.78 is 22.9. The van der Waals surface area contributed by atoms with E-state index in [4.69, 9.17) is 4.74 Å². The van der Waals surface area contributed by atoms with E-state index in [1.165, 1.54) is 17.8 Å². The van der Waals surface area contributed by atoms with E-state index in [-0.39, 0.29) is 17.1 Å². The predicted molar refractivity (Wildman–Crippen MR) is 128 cm³/mol. The van der Waals surface area contributed by atoms with Gasteiger partial charge < -0.3 is 4.74 Å². The first-order valence-electron chi connectivity index (χ1n) is 10.5. The third kappa shape index (κ3) is 3.87. The molecule has 0 spiro atoms. The molecule has 0 amide bonds. The molecule has 2 aromatic heterocycles. The molecule has 5 aromatic rings. The topological polar surface area (TPSA) is 61.4 Å². The average Bonchev–Trinajstić information content (AvgIpc) is 3.24. The van der Waals surface area contributed by atoms with Crippen LogP contribution in [-0.2, 0) is 0 Å². The number of fused-ring (bicyclic) bond motifs is 3. The molecule has 3 aromatic carbocycles. The Hall–Kier alpha value is -3.65. The number of hydrogen-bond donors (Lipinski definition) is 0. The summed E-state index contributed by atoms with van der Waals surface area (Å²) in [6.07, 6.45) is 0. The molecule has 0 saturated carbocycles. The summed E-state index contributed by atoms with van der Waals surface area (Å²) in [6.45, 7) is 4.26. The Balaban J connectivity index is 1.56. The van der Waals surface area contributed by atoms with Crippen molar-refractivity contribution in [3.63, 3.8) is 0 Å². The third-order valence-corrected chi connectivity index (χ3v) is 6.30. The molecule has 0 N–H and O–H groups in total. The van der Waals surface area contributed by atoms with Crippen LogP contribution in [0.2, 0.25) is 0 Å². The van der Waals surface area contributed by atoms with Gasteiger partial charge in [0.15, 0.2) is 16.7 Å². The fourth-order valence-corrected chi connectivity index (χ4v) is 4.55. The van der Waals surface area contributed by atoms with Crippen molar-refractivity contribution in [1.82, 2.24) is 19.2 Å². The molecule has 0 bridgehead atoms. The first kappa shape index (κ1) is 21.2. The molecule has 33 heavy (non-hydrogen) atoms. The lowest BCUT2D eigenvalue weighted by Crippen LogP contribution is -2.22.